The van der Waals surface area contributed by atoms with E-state index < -0.39 is 0 Å². The number of benzene rings is 3. The summed E-state index contributed by atoms with van der Waals surface area (Å²) in [7, 11) is 0. The van der Waals surface area contributed by atoms with Crippen molar-refractivity contribution < 1.29 is 4.79 Å². The van der Waals surface area contributed by atoms with E-state index in [0.717, 1.165) is 47.6 Å². The molecule has 5 heteroatoms. The molecule has 0 bridgehead atoms. The van der Waals surface area contributed by atoms with Crippen molar-refractivity contribution in [2.45, 2.75) is 25.8 Å². The van der Waals surface area contributed by atoms with Gasteiger partial charge in [-0.25, -0.2) is 0 Å². The van der Waals surface area contributed by atoms with Crippen LogP contribution in [0, 0.1) is 6.92 Å². The molecule has 1 amide bonds. The van der Waals surface area contributed by atoms with Gasteiger partial charge >= 0.3 is 0 Å². The number of hydrogen-bond acceptors (Lipinski definition) is 2. The third-order valence-electron chi connectivity index (χ3n) is 6.14. The third-order valence-corrected chi connectivity index (χ3v) is 6.64. The molecular formula is C26H22Cl2N2O. The van der Waals surface area contributed by atoms with Crippen molar-refractivity contribution in [3.8, 4) is 0 Å². The minimum Gasteiger partial charge on any atom is -0.344 e. The largest absolute Gasteiger partial charge is 0.344 e. The lowest BCUT2D eigenvalue weighted by Gasteiger charge is -2.38. The SMILES string of the molecule is Cc1ccc(N2CCC3=C2CC(c2ccc(Cl)cc2)N(c2ccc(Cl)cc2)C3=O)cc1. The molecule has 2 aliphatic heterocycles. The Morgan fingerprint density at radius 1 is 0.806 bits per heavy atom. The second-order valence-corrected chi connectivity index (χ2v) is 8.96. The van der Waals surface area contributed by atoms with E-state index in [1.807, 2.05) is 53.4 Å². The zero-order valence-electron chi connectivity index (χ0n) is 17.2. The van der Waals surface area contributed by atoms with Crippen LogP contribution < -0.4 is 9.80 Å². The average Bonchev–Trinajstić information content (AvgIpc) is 3.20. The van der Waals surface area contributed by atoms with Gasteiger partial charge < -0.3 is 9.80 Å². The van der Waals surface area contributed by atoms with E-state index in [2.05, 4.69) is 36.1 Å². The Bertz CT molecular complexity index is 1150. The number of halogens is 2. The predicted molar refractivity (Wildman–Crippen MR) is 128 cm³/mol. The normalized spacial score (nSPS) is 18.5. The van der Waals surface area contributed by atoms with Crippen LogP contribution in [-0.2, 0) is 4.79 Å². The van der Waals surface area contributed by atoms with Gasteiger partial charge in [-0.3, -0.25) is 4.79 Å². The van der Waals surface area contributed by atoms with Crippen LogP contribution in [0.2, 0.25) is 10.0 Å². The first kappa shape index (κ1) is 20.2. The highest BCUT2D eigenvalue weighted by Gasteiger charge is 2.40. The maximum absolute atomic E-state index is 13.8. The Balaban J connectivity index is 1.59. The fourth-order valence-electron chi connectivity index (χ4n) is 4.55. The van der Waals surface area contributed by atoms with Crippen LogP contribution in [0.25, 0.3) is 0 Å². The van der Waals surface area contributed by atoms with Gasteiger partial charge in [-0.05, 0) is 67.4 Å². The quantitative estimate of drug-likeness (QED) is 0.432. The topological polar surface area (TPSA) is 23.6 Å². The molecule has 1 atom stereocenters. The molecule has 31 heavy (non-hydrogen) atoms. The van der Waals surface area contributed by atoms with Crippen molar-refractivity contribution in [2.24, 2.45) is 0 Å². The predicted octanol–water partition coefficient (Wildman–Crippen LogP) is 6.94. The first-order valence-electron chi connectivity index (χ1n) is 10.4. The van der Waals surface area contributed by atoms with Crippen LogP contribution in [0.5, 0.6) is 0 Å². The Kier molecular flexibility index (Phi) is 5.25. The third kappa shape index (κ3) is 3.73. The van der Waals surface area contributed by atoms with Crippen molar-refractivity contribution >= 4 is 40.5 Å². The van der Waals surface area contributed by atoms with Crippen LogP contribution in [0.4, 0.5) is 11.4 Å². The molecule has 2 heterocycles. The van der Waals surface area contributed by atoms with Crippen LogP contribution in [0.1, 0.15) is 30.0 Å². The van der Waals surface area contributed by atoms with Gasteiger partial charge in [-0.15, -0.1) is 0 Å². The molecule has 0 aromatic heterocycles. The van der Waals surface area contributed by atoms with E-state index in [4.69, 9.17) is 23.2 Å². The molecule has 3 aromatic carbocycles. The molecule has 2 aliphatic rings. The fourth-order valence-corrected chi connectivity index (χ4v) is 4.80. The van der Waals surface area contributed by atoms with Gasteiger partial charge in [-0.2, -0.15) is 0 Å². The lowest BCUT2D eigenvalue weighted by Crippen LogP contribution is -2.40. The van der Waals surface area contributed by atoms with Gasteiger partial charge in [0, 0.05) is 45.7 Å². The molecule has 0 saturated heterocycles. The van der Waals surface area contributed by atoms with Crippen LogP contribution in [-0.4, -0.2) is 12.5 Å². The number of amides is 1. The number of anilines is 2. The maximum atomic E-state index is 13.8. The highest BCUT2D eigenvalue weighted by Crippen LogP contribution is 2.44. The van der Waals surface area contributed by atoms with Gasteiger partial charge in [0.05, 0.1) is 6.04 Å². The van der Waals surface area contributed by atoms with E-state index in [0.29, 0.717) is 10.0 Å². The minimum absolute atomic E-state index is 0.0677. The van der Waals surface area contributed by atoms with Crippen LogP contribution >= 0.6 is 23.2 Å². The van der Waals surface area contributed by atoms with E-state index in [9.17, 15) is 4.79 Å². The second-order valence-electron chi connectivity index (χ2n) is 8.09. The van der Waals surface area contributed by atoms with Gasteiger partial charge in [0.15, 0.2) is 0 Å². The highest BCUT2D eigenvalue weighted by atomic mass is 35.5. The molecule has 3 aromatic rings. The Morgan fingerprint density at radius 2 is 1.39 bits per heavy atom. The summed E-state index contributed by atoms with van der Waals surface area (Å²) in [6, 6.07) is 23.7. The lowest BCUT2D eigenvalue weighted by atomic mass is 9.92. The molecule has 0 radical (unpaired) electrons. The summed E-state index contributed by atoms with van der Waals surface area (Å²) in [4.78, 5) is 18.0. The summed E-state index contributed by atoms with van der Waals surface area (Å²) >= 11 is 12.3. The number of hydrogen-bond donors (Lipinski definition) is 0. The van der Waals surface area contributed by atoms with E-state index in [-0.39, 0.29) is 11.9 Å². The summed E-state index contributed by atoms with van der Waals surface area (Å²) < 4.78 is 0. The summed E-state index contributed by atoms with van der Waals surface area (Å²) in [6.45, 7) is 2.91. The molecule has 156 valence electrons. The molecule has 3 nitrogen and oxygen atoms in total. The summed E-state index contributed by atoms with van der Waals surface area (Å²) in [5.41, 5.74) is 6.31. The summed E-state index contributed by atoms with van der Waals surface area (Å²) in [5, 5.41) is 1.34. The molecule has 0 aliphatic carbocycles. The number of carbonyl (C=O) groups excluding carboxylic acids is 1. The standard InChI is InChI=1S/C26H22Cl2N2O/c1-17-2-10-21(11-3-17)29-15-14-23-25(29)16-24(18-4-6-19(27)7-5-18)30(26(23)31)22-12-8-20(28)9-13-22/h2-13,24H,14-16H2,1H3. The number of rotatable bonds is 3. The zero-order valence-corrected chi connectivity index (χ0v) is 18.7. The van der Waals surface area contributed by atoms with Crippen molar-refractivity contribution in [3.05, 3.63) is 105 Å². The molecule has 0 spiro atoms. The summed E-state index contributed by atoms with van der Waals surface area (Å²) in [6.07, 6.45) is 1.50. The first-order valence-corrected chi connectivity index (χ1v) is 11.2. The monoisotopic (exact) mass is 448 g/mol. The smallest absolute Gasteiger partial charge is 0.256 e. The molecular weight excluding hydrogens is 427 g/mol. The van der Waals surface area contributed by atoms with Gasteiger partial charge in [-0.1, -0.05) is 53.0 Å². The van der Waals surface area contributed by atoms with Crippen molar-refractivity contribution in [2.75, 3.05) is 16.3 Å². The maximum Gasteiger partial charge on any atom is 0.256 e. The Labute approximate surface area is 192 Å². The molecule has 5 rings (SSSR count). The first-order chi connectivity index (χ1) is 15.0. The van der Waals surface area contributed by atoms with Crippen LogP contribution in [0.15, 0.2) is 84.1 Å². The minimum atomic E-state index is -0.115. The van der Waals surface area contributed by atoms with E-state index in [1.54, 1.807) is 0 Å². The fraction of sp³-hybridized carbons (Fsp3) is 0.192. The van der Waals surface area contributed by atoms with Gasteiger partial charge in [0.1, 0.15) is 0 Å². The Hall–Kier alpha value is -2.75. The zero-order chi connectivity index (χ0) is 21.5. The summed E-state index contributed by atoms with van der Waals surface area (Å²) in [5.74, 6) is 0.0677. The van der Waals surface area contributed by atoms with Crippen molar-refractivity contribution in [1.29, 1.82) is 0 Å². The number of aryl methyl sites for hydroxylation is 1. The average molecular weight is 449 g/mol. The van der Waals surface area contributed by atoms with Crippen LogP contribution in [0.3, 0.4) is 0 Å². The van der Waals surface area contributed by atoms with E-state index >= 15 is 0 Å². The van der Waals surface area contributed by atoms with Crippen molar-refractivity contribution in [3.63, 3.8) is 0 Å². The Morgan fingerprint density at radius 3 is 2.03 bits per heavy atom. The number of carbonyl (C=O) groups is 1. The second kappa shape index (κ2) is 8.07. The van der Waals surface area contributed by atoms with Crippen molar-refractivity contribution in [1.82, 2.24) is 0 Å². The molecule has 0 fully saturated rings. The molecule has 0 N–H and O–H groups in total. The van der Waals surface area contributed by atoms with Gasteiger partial charge in [0.2, 0.25) is 0 Å². The van der Waals surface area contributed by atoms with E-state index in [1.165, 1.54) is 5.56 Å². The lowest BCUT2D eigenvalue weighted by molar-refractivity contribution is -0.116. The molecule has 0 saturated carbocycles. The number of nitrogens with zero attached hydrogens (tertiary/aromatic N) is 2. The highest BCUT2D eigenvalue weighted by molar-refractivity contribution is 6.31. The molecule has 1 unspecified atom stereocenters. The van der Waals surface area contributed by atoms with Gasteiger partial charge in [0.25, 0.3) is 5.91 Å².